The quantitative estimate of drug-likeness (QED) is 0.449. The number of aromatic nitrogens is 2. The molecule has 4 aromatic rings. The summed E-state index contributed by atoms with van der Waals surface area (Å²) in [5.74, 6) is -0.290. The summed E-state index contributed by atoms with van der Waals surface area (Å²) in [4.78, 5) is 12.8. The fourth-order valence-electron chi connectivity index (χ4n) is 3.12. The number of anilines is 2. The number of aromatic amines is 1. The number of carbonyl (C=O) groups excluding carboxylic acids is 1. The van der Waals surface area contributed by atoms with Crippen molar-refractivity contribution in [3.05, 3.63) is 83.6 Å². The number of nitrogens with one attached hydrogen (secondary N) is 3. The molecule has 0 bridgehead atoms. The van der Waals surface area contributed by atoms with E-state index in [1.807, 2.05) is 25.1 Å². The van der Waals surface area contributed by atoms with E-state index in [0.717, 1.165) is 16.5 Å². The highest BCUT2D eigenvalue weighted by molar-refractivity contribution is 7.92. The van der Waals surface area contributed by atoms with Gasteiger partial charge in [-0.3, -0.25) is 14.6 Å². The summed E-state index contributed by atoms with van der Waals surface area (Å²) in [6.45, 7) is 3.60. The Morgan fingerprint density at radius 2 is 1.67 bits per heavy atom. The molecule has 1 heterocycles. The summed E-state index contributed by atoms with van der Waals surface area (Å²) < 4.78 is 28.0. The maximum Gasteiger partial charge on any atom is 0.262 e. The molecule has 152 valence electrons. The summed E-state index contributed by atoms with van der Waals surface area (Å²) in [7, 11) is -3.72. The lowest BCUT2D eigenvalue weighted by molar-refractivity contribution is 0.102. The van der Waals surface area contributed by atoms with Crippen molar-refractivity contribution in [1.82, 2.24) is 10.2 Å². The molecule has 3 aromatic carbocycles. The number of carbonyl (C=O) groups is 1. The van der Waals surface area contributed by atoms with Crippen LogP contribution in [-0.4, -0.2) is 24.5 Å². The fourth-order valence-corrected chi connectivity index (χ4v) is 4.51. The smallest absolute Gasteiger partial charge is 0.262 e. The van der Waals surface area contributed by atoms with Gasteiger partial charge in [0.05, 0.1) is 16.6 Å². The van der Waals surface area contributed by atoms with Gasteiger partial charge in [-0.1, -0.05) is 12.1 Å². The molecule has 0 saturated carbocycles. The molecule has 30 heavy (non-hydrogen) atoms. The van der Waals surface area contributed by atoms with Gasteiger partial charge in [0, 0.05) is 22.3 Å². The van der Waals surface area contributed by atoms with Crippen LogP contribution in [0.15, 0.2) is 71.8 Å². The highest BCUT2D eigenvalue weighted by Crippen LogP contribution is 2.22. The Balaban J connectivity index is 1.49. The molecule has 0 aliphatic heterocycles. The molecule has 4 rings (SSSR count). The first-order chi connectivity index (χ1) is 14.3. The van der Waals surface area contributed by atoms with Crippen LogP contribution in [0.2, 0.25) is 0 Å². The summed E-state index contributed by atoms with van der Waals surface area (Å²) in [5, 5.41) is 10.5. The normalized spacial score (nSPS) is 11.4. The third kappa shape index (κ3) is 4.04. The standard InChI is InChI=1S/C22H20N4O3S/c1-14-3-4-15(2)21(11-14)30(28,29)26-18-7-5-16(6-8-18)22(27)24-19-9-10-20-17(12-19)13-23-25-20/h3-13,26H,1-2H3,(H,23,25)(H,24,27). The van der Waals surface area contributed by atoms with E-state index >= 15 is 0 Å². The highest BCUT2D eigenvalue weighted by Gasteiger charge is 2.17. The van der Waals surface area contributed by atoms with Gasteiger partial charge in [-0.05, 0) is 73.5 Å². The lowest BCUT2D eigenvalue weighted by Gasteiger charge is -2.12. The van der Waals surface area contributed by atoms with E-state index in [0.29, 0.717) is 22.5 Å². The number of aryl methyl sites for hydroxylation is 2. The van der Waals surface area contributed by atoms with Gasteiger partial charge >= 0.3 is 0 Å². The zero-order valence-electron chi connectivity index (χ0n) is 16.4. The van der Waals surface area contributed by atoms with E-state index in [2.05, 4.69) is 20.2 Å². The first-order valence-electron chi connectivity index (χ1n) is 9.26. The molecule has 1 aromatic heterocycles. The molecule has 0 spiro atoms. The van der Waals surface area contributed by atoms with Crippen LogP contribution in [0.25, 0.3) is 10.9 Å². The summed E-state index contributed by atoms with van der Waals surface area (Å²) in [6.07, 6.45) is 1.68. The number of hydrogen-bond acceptors (Lipinski definition) is 4. The van der Waals surface area contributed by atoms with E-state index in [1.165, 1.54) is 0 Å². The fraction of sp³-hybridized carbons (Fsp3) is 0.0909. The Kier molecular flexibility index (Phi) is 5.01. The van der Waals surface area contributed by atoms with Crippen molar-refractivity contribution in [3.8, 4) is 0 Å². The third-order valence-electron chi connectivity index (χ3n) is 4.73. The molecular weight excluding hydrogens is 400 g/mol. The van der Waals surface area contributed by atoms with Crippen LogP contribution >= 0.6 is 0 Å². The molecule has 0 unspecified atom stereocenters. The summed E-state index contributed by atoms with van der Waals surface area (Å²) >= 11 is 0. The highest BCUT2D eigenvalue weighted by atomic mass is 32.2. The number of hydrogen-bond donors (Lipinski definition) is 3. The molecular formula is C22H20N4O3S. The Morgan fingerprint density at radius 1 is 0.933 bits per heavy atom. The number of fused-ring (bicyclic) bond motifs is 1. The predicted octanol–water partition coefficient (Wildman–Crippen LogP) is 4.23. The molecule has 0 saturated heterocycles. The largest absolute Gasteiger partial charge is 0.322 e. The van der Waals surface area contributed by atoms with Crippen molar-refractivity contribution >= 4 is 38.2 Å². The van der Waals surface area contributed by atoms with Gasteiger partial charge in [0.15, 0.2) is 0 Å². The van der Waals surface area contributed by atoms with Crippen LogP contribution in [-0.2, 0) is 10.0 Å². The number of benzene rings is 3. The van der Waals surface area contributed by atoms with Crippen molar-refractivity contribution in [2.24, 2.45) is 0 Å². The Labute approximate surface area is 174 Å². The second-order valence-corrected chi connectivity index (χ2v) is 8.73. The Bertz CT molecular complexity index is 1340. The predicted molar refractivity (Wildman–Crippen MR) is 117 cm³/mol. The van der Waals surface area contributed by atoms with Crippen molar-refractivity contribution in [2.75, 3.05) is 10.0 Å². The van der Waals surface area contributed by atoms with Gasteiger partial charge in [0.2, 0.25) is 0 Å². The summed E-state index contributed by atoms with van der Waals surface area (Å²) in [6, 6.07) is 17.0. The van der Waals surface area contributed by atoms with Crippen LogP contribution in [0.1, 0.15) is 21.5 Å². The molecule has 8 heteroatoms. The van der Waals surface area contributed by atoms with Gasteiger partial charge in [-0.2, -0.15) is 5.10 Å². The lowest BCUT2D eigenvalue weighted by Crippen LogP contribution is -2.15. The average molecular weight is 420 g/mol. The molecule has 0 radical (unpaired) electrons. The second kappa shape index (κ2) is 7.64. The zero-order valence-corrected chi connectivity index (χ0v) is 17.2. The van der Waals surface area contributed by atoms with Crippen LogP contribution < -0.4 is 10.0 Å². The minimum Gasteiger partial charge on any atom is -0.322 e. The zero-order chi connectivity index (χ0) is 21.3. The van der Waals surface area contributed by atoms with E-state index in [4.69, 9.17) is 0 Å². The monoisotopic (exact) mass is 420 g/mol. The van der Waals surface area contributed by atoms with Crippen molar-refractivity contribution in [3.63, 3.8) is 0 Å². The first-order valence-corrected chi connectivity index (χ1v) is 10.7. The number of amides is 1. The number of H-pyrrole nitrogens is 1. The third-order valence-corrected chi connectivity index (χ3v) is 6.25. The van der Waals surface area contributed by atoms with E-state index in [9.17, 15) is 13.2 Å². The van der Waals surface area contributed by atoms with E-state index in [1.54, 1.807) is 55.6 Å². The van der Waals surface area contributed by atoms with Crippen LogP contribution in [0.5, 0.6) is 0 Å². The molecule has 1 amide bonds. The van der Waals surface area contributed by atoms with Gasteiger partial charge in [0.25, 0.3) is 15.9 Å². The number of nitrogens with zero attached hydrogens (tertiary/aromatic N) is 1. The number of rotatable bonds is 5. The molecule has 0 atom stereocenters. The van der Waals surface area contributed by atoms with Gasteiger partial charge in [-0.15, -0.1) is 0 Å². The minimum atomic E-state index is -3.72. The average Bonchev–Trinajstić information content (AvgIpc) is 3.18. The van der Waals surface area contributed by atoms with E-state index < -0.39 is 10.0 Å². The maximum absolute atomic E-state index is 12.7. The molecule has 0 aliphatic carbocycles. The molecule has 0 aliphatic rings. The van der Waals surface area contributed by atoms with Gasteiger partial charge in [0.1, 0.15) is 0 Å². The lowest BCUT2D eigenvalue weighted by atomic mass is 10.2. The van der Waals surface area contributed by atoms with Crippen LogP contribution in [0, 0.1) is 13.8 Å². The van der Waals surface area contributed by atoms with Crippen molar-refractivity contribution in [1.29, 1.82) is 0 Å². The van der Waals surface area contributed by atoms with Crippen molar-refractivity contribution < 1.29 is 13.2 Å². The second-order valence-electron chi connectivity index (χ2n) is 7.08. The summed E-state index contributed by atoms with van der Waals surface area (Å²) in [5.41, 5.74) is 3.85. The van der Waals surface area contributed by atoms with E-state index in [-0.39, 0.29) is 10.8 Å². The molecule has 0 fully saturated rings. The minimum absolute atomic E-state index is 0.235. The van der Waals surface area contributed by atoms with Gasteiger partial charge < -0.3 is 5.32 Å². The van der Waals surface area contributed by atoms with Crippen LogP contribution in [0.4, 0.5) is 11.4 Å². The molecule has 3 N–H and O–H groups in total. The SMILES string of the molecule is Cc1ccc(C)c(S(=O)(=O)Nc2ccc(C(=O)Nc3ccc4[nH]ncc4c3)cc2)c1. The molecule has 7 nitrogen and oxygen atoms in total. The number of sulfonamides is 1. The van der Waals surface area contributed by atoms with Crippen LogP contribution in [0.3, 0.4) is 0 Å². The topological polar surface area (TPSA) is 104 Å². The van der Waals surface area contributed by atoms with Gasteiger partial charge in [-0.25, -0.2) is 8.42 Å². The van der Waals surface area contributed by atoms with Crippen molar-refractivity contribution in [2.45, 2.75) is 18.7 Å². The Morgan fingerprint density at radius 3 is 2.43 bits per heavy atom. The maximum atomic E-state index is 12.7. The first kappa shape index (κ1) is 19.7. The Hall–Kier alpha value is -3.65.